The van der Waals surface area contributed by atoms with Crippen molar-refractivity contribution in [1.29, 1.82) is 0 Å². The zero-order valence-corrected chi connectivity index (χ0v) is 21.3. The molecule has 1 saturated heterocycles. The van der Waals surface area contributed by atoms with Gasteiger partial charge in [-0.05, 0) is 50.1 Å². The number of amides is 2. The third-order valence-corrected chi connectivity index (χ3v) is 7.00. The number of fused-ring (bicyclic) bond motifs is 1. The summed E-state index contributed by atoms with van der Waals surface area (Å²) in [6.45, 7) is 2.68. The maximum Gasteiger partial charge on any atom is 0.254 e. The molecular weight excluding hydrogens is 470 g/mol. The molecule has 1 fully saturated rings. The number of methoxy groups -OCH3 is 1. The molecule has 2 aromatic carbocycles. The molecule has 2 amide bonds. The molecule has 0 saturated carbocycles. The van der Waals surface area contributed by atoms with E-state index in [0.29, 0.717) is 53.6 Å². The number of aliphatic hydroxyl groups excluding tert-OH is 1. The van der Waals surface area contributed by atoms with Gasteiger partial charge < -0.3 is 24.8 Å². The highest BCUT2D eigenvalue weighted by atomic mass is 35.5. The van der Waals surface area contributed by atoms with Gasteiger partial charge in [-0.2, -0.15) is 0 Å². The fourth-order valence-corrected chi connectivity index (χ4v) is 5.38. The number of likely N-dealkylation sites (tertiary alicyclic amines) is 1. The minimum Gasteiger partial charge on any atom is -0.496 e. The lowest BCUT2D eigenvalue weighted by molar-refractivity contribution is -0.138. The quantitative estimate of drug-likeness (QED) is 0.540. The van der Waals surface area contributed by atoms with Gasteiger partial charge in [-0.25, -0.2) is 0 Å². The first-order valence-corrected chi connectivity index (χ1v) is 12.1. The zero-order chi connectivity index (χ0) is 25.3. The predicted octanol–water partition coefficient (Wildman–Crippen LogP) is 2.78. The van der Waals surface area contributed by atoms with Crippen LogP contribution in [0.4, 0.5) is 5.69 Å². The van der Waals surface area contributed by atoms with Crippen LogP contribution in [0.25, 0.3) is 0 Å². The first-order valence-electron chi connectivity index (χ1n) is 11.7. The summed E-state index contributed by atoms with van der Waals surface area (Å²) in [6.07, 6.45) is 0.624. The highest BCUT2D eigenvalue weighted by molar-refractivity contribution is 6.31. The van der Waals surface area contributed by atoms with Crippen molar-refractivity contribution in [3.05, 3.63) is 58.1 Å². The fourth-order valence-electron chi connectivity index (χ4n) is 5.21. The SMILES string of the molecule is COc1ccc(C)cc1C1(N2C[C@H](OCCCO)C[C@H]2C(=O)N(C)C)C(=O)Nc2ccc(Cl)cc21. The molecule has 0 aromatic heterocycles. The number of carbonyl (C=O) groups excluding carboxylic acids is 2. The van der Waals surface area contributed by atoms with E-state index < -0.39 is 11.6 Å². The van der Waals surface area contributed by atoms with E-state index in [-0.39, 0.29) is 24.5 Å². The van der Waals surface area contributed by atoms with Crippen molar-refractivity contribution in [1.82, 2.24) is 9.80 Å². The van der Waals surface area contributed by atoms with E-state index in [1.807, 2.05) is 30.0 Å². The second-order valence-electron chi connectivity index (χ2n) is 9.26. The molecule has 35 heavy (non-hydrogen) atoms. The van der Waals surface area contributed by atoms with Crippen LogP contribution < -0.4 is 10.1 Å². The third kappa shape index (κ3) is 4.40. The largest absolute Gasteiger partial charge is 0.496 e. The number of hydrogen-bond donors (Lipinski definition) is 2. The normalized spacial score (nSPS) is 23.8. The van der Waals surface area contributed by atoms with E-state index >= 15 is 0 Å². The molecule has 2 aliphatic heterocycles. The lowest BCUT2D eigenvalue weighted by atomic mass is 9.80. The Kier molecular flexibility index (Phi) is 7.38. The molecule has 9 heteroatoms. The molecule has 2 aliphatic rings. The van der Waals surface area contributed by atoms with Gasteiger partial charge in [0.25, 0.3) is 5.91 Å². The van der Waals surface area contributed by atoms with Crippen molar-refractivity contribution in [3.63, 3.8) is 0 Å². The van der Waals surface area contributed by atoms with Crippen molar-refractivity contribution in [2.45, 2.75) is 37.5 Å². The molecule has 2 aromatic rings. The molecule has 0 aliphatic carbocycles. The predicted molar refractivity (Wildman–Crippen MR) is 134 cm³/mol. The lowest BCUT2D eigenvalue weighted by Gasteiger charge is -2.41. The summed E-state index contributed by atoms with van der Waals surface area (Å²) in [7, 11) is 4.99. The standard InChI is InChI=1S/C26H32ClN3O5/c1-16-6-9-23(34-4)20(12-16)26(19-13-17(27)7-8-21(19)28-25(26)33)30-15-18(35-11-5-10-31)14-22(30)24(32)29(2)3/h6-9,12-13,18,22,31H,5,10-11,14-15H2,1-4H3,(H,28,33)/t18-,22+,26?/m1/s1. The summed E-state index contributed by atoms with van der Waals surface area (Å²) in [5.74, 6) is 0.151. The molecule has 2 N–H and O–H groups in total. The van der Waals surface area contributed by atoms with Crippen LogP contribution in [0, 0.1) is 6.92 Å². The van der Waals surface area contributed by atoms with Gasteiger partial charge in [0, 0.05) is 55.7 Å². The Morgan fingerprint density at radius 2 is 2.03 bits per heavy atom. The summed E-state index contributed by atoms with van der Waals surface area (Å²) in [5, 5.41) is 12.7. The van der Waals surface area contributed by atoms with Crippen LogP contribution in [0.2, 0.25) is 5.02 Å². The minimum absolute atomic E-state index is 0.0230. The number of ether oxygens (including phenoxy) is 2. The molecule has 188 valence electrons. The van der Waals surface area contributed by atoms with Crippen LogP contribution in [0.15, 0.2) is 36.4 Å². The average molecular weight is 502 g/mol. The van der Waals surface area contributed by atoms with E-state index in [1.54, 1.807) is 44.3 Å². The molecule has 1 unspecified atom stereocenters. The van der Waals surface area contributed by atoms with Gasteiger partial charge >= 0.3 is 0 Å². The number of halogens is 1. The summed E-state index contributed by atoms with van der Waals surface area (Å²) >= 11 is 6.45. The number of nitrogens with zero attached hydrogens (tertiary/aromatic N) is 2. The maximum atomic E-state index is 14.1. The van der Waals surface area contributed by atoms with Crippen LogP contribution in [0.1, 0.15) is 29.5 Å². The van der Waals surface area contributed by atoms with Crippen LogP contribution in [0.5, 0.6) is 5.75 Å². The van der Waals surface area contributed by atoms with E-state index in [9.17, 15) is 14.7 Å². The number of likely N-dealkylation sites (N-methyl/N-ethyl adjacent to an activating group) is 1. The van der Waals surface area contributed by atoms with Crippen LogP contribution >= 0.6 is 11.6 Å². The number of carbonyl (C=O) groups is 2. The number of benzene rings is 2. The topological polar surface area (TPSA) is 91.3 Å². The Balaban J connectivity index is 1.95. The number of nitrogens with one attached hydrogen (secondary N) is 1. The van der Waals surface area contributed by atoms with E-state index in [1.165, 1.54) is 0 Å². The van der Waals surface area contributed by atoms with Gasteiger partial charge in [0.2, 0.25) is 5.91 Å². The lowest BCUT2D eigenvalue weighted by Crippen LogP contribution is -2.57. The van der Waals surface area contributed by atoms with Gasteiger partial charge in [-0.1, -0.05) is 23.2 Å². The van der Waals surface area contributed by atoms with Gasteiger partial charge in [-0.15, -0.1) is 0 Å². The van der Waals surface area contributed by atoms with Gasteiger partial charge in [-0.3, -0.25) is 14.5 Å². The Morgan fingerprint density at radius 1 is 1.26 bits per heavy atom. The van der Waals surface area contributed by atoms with Gasteiger partial charge in [0.1, 0.15) is 5.75 Å². The fraction of sp³-hybridized carbons (Fsp3) is 0.462. The molecule has 2 heterocycles. The number of rotatable bonds is 8. The molecular formula is C26H32ClN3O5. The van der Waals surface area contributed by atoms with Crippen molar-refractivity contribution >= 4 is 29.1 Å². The van der Waals surface area contributed by atoms with Crippen LogP contribution in [-0.2, 0) is 19.9 Å². The number of anilines is 1. The number of aryl methyl sites for hydroxylation is 1. The molecule has 0 radical (unpaired) electrons. The summed E-state index contributed by atoms with van der Waals surface area (Å²) in [6, 6.07) is 10.4. The van der Waals surface area contributed by atoms with Crippen LogP contribution in [0.3, 0.4) is 0 Å². The van der Waals surface area contributed by atoms with E-state index in [0.717, 1.165) is 5.56 Å². The van der Waals surface area contributed by atoms with Gasteiger partial charge in [0.05, 0.1) is 19.3 Å². The monoisotopic (exact) mass is 501 g/mol. The first-order chi connectivity index (χ1) is 16.7. The minimum atomic E-state index is -1.36. The Bertz CT molecular complexity index is 1120. The molecule has 3 atom stereocenters. The van der Waals surface area contributed by atoms with Crippen molar-refractivity contribution in [3.8, 4) is 5.75 Å². The highest BCUT2D eigenvalue weighted by Crippen LogP contribution is 2.51. The molecule has 0 spiro atoms. The first kappa shape index (κ1) is 25.4. The average Bonchev–Trinajstić information content (AvgIpc) is 3.37. The Labute approximate surface area is 210 Å². The summed E-state index contributed by atoms with van der Waals surface area (Å²) < 4.78 is 11.8. The maximum absolute atomic E-state index is 14.1. The molecule has 4 rings (SSSR count). The smallest absolute Gasteiger partial charge is 0.254 e. The van der Waals surface area contributed by atoms with E-state index in [4.69, 9.17) is 21.1 Å². The second-order valence-corrected chi connectivity index (χ2v) is 9.70. The summed E-state index contributed by atoms with van der Waals surface area (Å²) in [5.41, 5.74) is 1.55. The number of aliphatic hydroxyl groups is 1. The zero-order valence-electron chi connectivity index (χ0n) is 20.5. The second kappa shape index (κ2) is 10.1. The van der Waals surface area contributed by atoms with Crippen molar-refractivity contribution < 1.29 is 24.2 Å². The molecule has 0 bridgehead atoms. The summed E-state index contributed by atoms with van der Waals surface area (Å²) in [4.78, 5) is 31.0. The van der Waals surface area contributed by atoms with Crippen LogP contribution in [-0.4, -0.2) is 79.8 Å². The molecule has 8 nitrogen and oxygen atoms in total. The highest BCUT2D eigenvalue weighted by Gasteiger charge is 2.59. The third-order valence-electron chi connectivity index (χ3n) is 6.77. The van der Waals surface area contributed by atoms with E-state index in [2.05, 4.69) is 5.32 Å². The Morgan fingerprint density at radius 3 is 2.71 bits per heavy atom. The van der Waals surface area contributed by atoms with Gasteiger partial charge in [0.15, 0.2) is 5.54 Å². The van der Waals surface area contributed by atoms with Crippen molar-refractivity contribution in [2.75, 3.05) is 46.3 Å². The van der Waals surface area contributed by atoms with Crippen molar-refractivity contribution in [2.24, 2.45) is 0 Å². The number of hydrogen-bond acceptors (Lipinski definition) is 6. The Hall–Kier alpha value is -2.65.